The van der Waals surface area contributed by atoms with Gasteiger partial charge in [0.1, 0.15) is 5.76 Å². The van der Waals surface area contributed by atoms with Gasteiger partial charge >= 0.3 is 0 Å². The van der Waals surface area contributed by atoms with E-state index in [1.807, 2.05) is 13.0 Å². The van der Waals surface area contributed by atoms with Crippen LogP contribution in [0.4, 0.5) is 0 Å². The fourth-order valence-corrected chi connectivity index (χ4v) is 3.57. The molecule has 0 atom stereocenters. The first-order chi connectivity index (χ1) is 11.0. The molecule has 0 bridgehead atoms. The van der Waals surface area contributed by atoms with Crippen LogP contribution < -0.4 is 4.72 Å². The molecule has 0 radical (unpaired) electrons. The molecule has 0 aliphatic carbocycles. The smallest absolute Gasteiger partial charge is 0.241 e. The van der Waals surface area contributed by atoms with Gasteiger partial charge in [-0.25, -0.2) is 13.1 Å². The summed E-state index contributed by atoms with van der Waals surface area (Å²) < 4.78 is 31.9. The van der Waals surface area contributed by atoms with E-state index in [1.54, 1.807) is 23.2 Å². The van der Waals surface area contributed by atoms with Gasteiger partial charge in [-0.2, -0.15) is 0 Å². The maximum Gasteiger partial charge on any atom is 0.241 e. The summed E-state index contributed by atoms with van der Waals surface area (Å²) in [5.41, 5.74) is 1.71. The van der Waals surface area contributed by atoms with Gasteiger partial charge in [0.15, 0.2) is 0 Å². The molecule has 3 rings (SSSR count). The van der Waals surface area contributed by atoms with Crippen molar-refractivity contribution >= 4 is 15.9 Å². The maximum absolute atomic E-state index is 12.2. The van der Waals surface area contributed by atoms with Gasteiger partial charge in [0.25, 0.3) is 0 Å². The second kappa shape index (κ2) is 6.13. The van der Waals surface area contributed by atoms with E-state index < -0.39 is 10.0 Å². The Bertz CT molecular complexity index is 829. The topological polar surface area (TPSA) is 92.5 Å². The van der Waals surface area contributed by atoms with Gasteiger partial charge < -0.3 is 9.42 Å². The number of sulfonamides is 1. The number of aromatic nitrogens is 1. The number of fused-ring (bicyclic) bond motifs is 1. The average molecular weight is 335 g/mol. The number of rotatable bonds is 4. The van der Waals surface area contributed by atoms with E-state index in [-0.39, 0.29) is 17.3 Å². The summed E-state index contributed by atoms with van der Waals surface area (Å²) in [6.45, 7) is 2.43. The predicted molar refractivity (Wildman–Crippen MR) is 82.0 cm³/mol. The van der Waals surface area contributed by atoms with Crippen LogP contribution in [0, 0.1) is 6.92 Å². The standard InChI is InChI=1S/C15H17N3O4S/c1-11-3-2-4-13(7-11)23(20,21)17-9-15(19)18-6-5-14-12(10-18)8-16-22-14/h2-4,7-8,17H,5-6,9-10H2,1H3. The van der Waals surface area contributed by atoms with E-state index in [1.165, 1.54) is 6.07 Å². The van der Waals surface area contributed by atoms with Crippen molar-refractivity contribution < 1.29 is 17.7 Å². The van der Waals surface area contributed by atoms with Gasteiger partial charge in [-0.05, 0) is 24.6 Å². The number of amides is 1. The molecule has 7 nitrogen and oxygen atoms in total. The number of aryl methyl sites for hydroxylation is 1. The lowest BCUT2D eigenvalue weighted by Crippen LogP contribution is -2.42. The predicted octanol–water partition coefficient (Wildman–Crippen LogP) is 0.846. The van der Waals surface area contributed by atoms with Crippen LogP contribution in [0.3, 0.4) is 0 Å². The number of hydrogen-bond donors (Lipinski definition) is 1. The Morgan fingerprint density at radius 1 is 1.43 bits per heavy atom. The molecule has 2 aromatic rings. The van der Waals surface area contributed by atoms with Crippen LogP contribution in [-0.4, -0.2) is 37.5 Å². The number of benzene rings is 1. The minimum atomic E-state index is -3.69. The first-order valence-corrected chi connectivity index (χ1v) is 8.70. The Hall–Kier alpha value is -2.19. The number of carbonyl (C=O) groups is 1. The normalized spacial score (nSPS) is 14.6. The van der Waals surface area contributed by atoms with Crippen molar-refractivity contribution in [2.24, 2.45) is 0 Å². The molecule has 0 saturated heterocycles. The molecule has 0 saturated carbocycles. The van der Waals surface area contributed by atoms with Crippen LogP contribution in [0.2, 0.25) is 0 Å². The third-order valence-electron chi connectivity index (χ3n) is 3.77. The number of hydrogen-bond acceptors (Lipinski definition) is 5. The van der Waals surface area contributed by atoms with E-state index >= 15 is 0 Å². The van der Waals surface area contributed by atoms with E-state index in [0.29, 0.717) is 19.5 Å². The molecule has 0 spiro atoms. The SMILES string of the molecule is Cc1cccc(S(=O)(=O)NCC(=O)N2CCc3oncc3C2)c1. The van der Waals surface area contributed by atoms with Crippen molar-refractivity contribution in [1.82, 2.24) is 14.8 Å². The molecule has 1 N–H and O–H groups in total. The van der Waals surface area contributed by atoms with Gasteiger partial charge in [0, 0.05) is 18.5 Å². The molecule has 23 heavy (non-hydrogen) atoms. The fraction of sp³-hybridized carbons (Fsp3) is 0.333. The van der Waals surface area contributed by atoms with Gasteiger partial charge in [-0.1, -0.05) is 17.3 Å². The molecule has 0 unspecified atom stereocenters. The highest BCUT2D eigenvalue weighted by Gasteiger charge is 2.24. The van der Waals surface area contributed by atoms with Crippen LogP contribution in [-0.2, 0) is 27.8 Å². The summed E-state index contributed by atoms with van der Waals surface area (Å²) in [7, 11) is -3.69. The van der Waals surface area contributed by atoms with Crippen molar-refractivity contribution in [3.63, 3.8) is 0 Å². The van der Waals surface area contributed by atoms with Gasteiger partial charge in [0.2, 0.25) is 15.9 Å². The van der Waals surface area contributed by atoms with Crippen molar-refractivity contribution in [3.8, 4) is 0 Å². The number of carbonyl (C=O) groups excluding carboxylic acids is 1. The molecule has 122 valence electrons. The molecule has 2 heterocycles. The van der Waals surface area contributed by atoms with Crippen LogP contribution >= 0.6 is 0 Å². The summed E-state index contributed by atoms with van der Waals surface area (Å²) in [6.07, 6.45) is 2.18. The maximum atomic E-state index is 12.2. The van der Waals surface area contributed by atoms with Crippen LogP contribution in [0.5, 0.6) is 0 Å². The van der Waals surface area contributed by atoms with Crippen molar-refractivity contribution in [1.29, 1.82) is 0 Å². The Labute approximate surface area is 134 Å². The first-order valence-electron chi connectivity index (χ1n) is 7.22. The highest BCUT2D eigenvalue weighted by molar-refractivity contribution is 7.89. The third-order valence-corrected chi connectivity index (χ3v) is 5.16. The zero-order valence-corrected chi connectivity index (χ0v) is 13.5. The van der Waals surface area contributed by atoms with E-state index in [0.717, 1.165) is 16.9 Å². The minimum Gasteiger partial charge on any atom is -0.361 e. The van der Waals surface area contributed by atoms with E-state index in [4.69, 9.17) is 4.52 Å². The van der Waals surface area contributed by atoms with Crippen molar-refractivity contribution in [3.05, 3.63) is 47.3 Å². The zero-order valence-electron chi connectivity index (χ0n) is 12.7. The molecule has 1 amide bonds. The van der Waals surface area contributed by atoms with Crippen LogP contribution in [0.1, 0.15) is 16.9 Å². The lowest BCUT2D eigenvalue weighted by Gasteiger charge is -2.25. The largest absolute Gasteiger partial charge is 0.361 e. The third kappa shape index (κ3) is 3.43. The second-order valence-electron chi connectivity index (χ2n) is 5.48. The van der Waals surface area contributed by atoms with Gasteiger partial charge in [0.05, 0.1) is 24.2 Å². The minimum absolute atomic E-state index is 0.158. The summed E-state index contributed by atoms with van der Waals surface area (Å²) in [6, 6.07) is 6.56. The van der Waals surface area contributed by atoms with E-state index in [9.17, 15) is 13.2 Å². The second-order valence-corrected chi connectivity index (χ2v) is 7.25. The fourth-order valence-electron chi connectivity index (χ4n) is 2.49. The van der Waals surface area contributed by atoms with Gasteiger partial charge in [-0.15, -0.1) is 0 Å². The molecule has 1 aliphatic heterocycles. The molecule has 1 aromatic heterocycles. The Morgan fingerprint density at radius 2 is 2.26 bits per heavy atom. The van der Waals surface area contributed by atoms with Crippen molar-refractivity contribution in [2.45, 2.75) is 24.8 Å². The monoisotopic (exact) mass is 335 g/mol. The summed E-state index contributed by atoms with van der Waals surface area (Å²) >= 11 is 0. The molecule has 8 heteroatoms. The quantitative estimate of drug-likeness (QED) is 0.894. The highest BCUT2D eigenvalue weighted by atomic mass is 32.2. The lowest BCUT2D eigenvalue weighted by atomic mass is 10.1. The Kier molecular flexibility index (Phi) is 4.18. The average Bonchev–Trinajstić information content (AvgIpc) is 3.00. The molecule has 1 aliphatic rings. The Morgan fingerprint density at radius 3 is 3.04 bits per heavy atom. The summed E-state index contributed by atoms with van der Waals surface area (Å²) in [5, 5.41) is 3.71. The number of nitrogens with one attached hydrogen (secondary N) is 1. The molecular formula is C15H17N3O4S. The van der Waals surface area contributed by atoms with Crippen LogP contribution in [0.25, 0.3) is 0 Å². The lowest BCUT2D eigenvalue weighted by molar-refractivity contribution is -0.130. The van der Waals surface area contributed by atoms with E-state index in [2.05, 4.69) is 9.88 Å². The summed E-state index contributed by atoms with van der Waals surface area (Å²) in [4.78, 5) is 14.0. The molecule has 0 fully saturated rings. The first kappa shape index (κ1) is 15.7. The van der Waals surface area contributed by atoms with Crippen molar-refractivity contribution in [2.75, 3.05) is 13.1 Å². The molecular weight excluding hydrogens is 318 g/mol. The van der Waals surface area contributed by atoms with Crippen LogP contribution in [0.15, 0.2) is 39.9 Å². The summed E-state index contributed by atoms with van der Waals surface area (Å²) in [5.74, 6) is 0.516. The zero-order chi connectivity index (χ0) is 16.4. The Balaban J connectivity index is 1.63. The number of nitrogens with zero attached hydrogens (tertiary/aromatic N) is 2. The van der Waals surface area contributed by atoms with Gasteiger partial charge in [-0.3, -0.25) is 4.79 Å². The molecule has 1 aromatic carbocycles. The highest BCUT2D eigenvalue weighted by Crippen LogP contribution is 2.18.